The average molecular weight is 260 g/mol. The van der Waals surface area contributed by atoms with Crippen molar-refractivity contribution in [3.63, 3.8) is 0 Å². The number of halogens is 1. The van der Waals surface area contributed by atoms with Crippen molar-refractivity contribution in [2.75, 3.05) is 33.4 Å². The third kappa shape index (κ3) is 2.53. The highest BCUT2D eigenvalue weighted by Crippen LogP contribution is 2.21. The second-order valence-electron chi connectivity index (χ2n) is 3.67. The van der Waals surface area contributed by atoms with Gasteiger partial charge in [-0.3, -0.25) is 0 Å². The molecular formula is C10H14ClN3O3. The molecule has 0 aromatic carbocycles. The van der Waals surface area contributed by atoms with E-state index >= 15 is 0 Å². The van der Waals surface area contributed by atoms with Crippen LogP contribution in [-0.4, -0.2) is 55.6 Å². The lowest BCUT2D eigenvalue weighted by Crippen LogP contribution is -2.52. The molecule has 0 bridgehead atoms. The van der Waals surface area contributed by atoms with E-state index < -0.39 is 11.1 Å². The van der Waals surface area contributed by atoms with E-state index in [1.807, 2.05) is 0 Å². The number of esters is 1. The lowest BCUT2D eigenvalue weighted by molar-refractivity contribution is -0.144. The number of morpholine rings is 1. The molecule has 1 saturated heterocycles. The summed E-state index contributed by atoms with van der Waals surface area (Å²) in [5.41, 5.74) is 0. The molecule has 6 nitrogen and oxygen atoms in total. The van der Waals surface area contributed by atoms with Gasteiger partial charge in [-0.15, -0.1) is 0 Å². The number of aliphatic imine (C=N–C) groups is 1. The predicted molar refractivity (Wildman–Crippen MR) is 62.7 cm³/mol. The Balaban J connectivity index is 2.08. The summed E-state index contributed by atoms with van der Waals surface area (Å²) in [5.74, 6) is 0.123. The molecule has 0 aromatic rings. The van der Waals surface area contributed by atoms with Crippen LogP contribution in [0.1, 0.15) is 0 Å². The van der Waals surface area contributed by atoms with Crippen LogP contribution in [0, 0.1) is 0 Å². The highest BCUT2D eigenvalue weighted by atomic mass is 35.5. The third-order valence-corrected chi connectivity index (χ3v) is 2.93. The summed E-state index contributed by atoms with van der Waals surface area (Å²) in [5, 5.41) is 1.32. The molecule has 0 amide bonds. The van der Waals surface area contributed by atoms with Crippen molar-refractivity contribution >= 4 is 23.8 Å². The van der Waals surface area contributed by atoms with E-state index in [0.717, 1.165) is 18.9 Å². The van der Waals surface area contributed by atoms with Gasteiger partial charge in [0.15, 0.2) is 0 Å². The summed E-state index contributed by atoms with van der Waals surface area (Å²) in [6.07, 6.45) is 3.28. The maximum atomic E-state index is 11.5. The monoisotopic (exact) mass is 259 g/mol. The van der Waals surface area contributed by atoms with Crippen LogP contribution in [0.4, 0.5) is 0 Å². The largest absolute Gasteiger partial charge is 0.465 e. The number of carbonyl (C=O) groups is 1. The highest BCUT2D eigenvalue weighted by molar-refractivity contribution is 6.34. The number of nitrogens with one attached hydrogen (secondary N) is 1. The van der Waals surface area contributed by atoms with E-state index in [-0.39, 0.29) is 0 Å². The molecule has 94 valence electrons. The molecule has 0 saturated carbocycles. The highest BCUT2D eigenvalue weighted by Gasteiger charge is 2.39. The molecular weight excluding hydrogens is 246 g/mol. The number of methoxy groups -OCH3 is 1. The van der Waals surface area contributed by atoms with Gasteiger partial charge in [0, 0.05) is 19.3 Å². The second kappa shape index (κ2) is 4.93. The normalized spacial score (nSPS) is 28.4. The molecule has 2 heterocycles. The van der Waals surface area contributed by atoms with Gasteiger partial charge in [0.1, 0.15) is 5.82 Å². The summed E-state index contributed by atoms with van der Waals surface area (Å²) in [7, 11) is 1.27. The van der Waals surface area contributed by atoms with Gasteiger partial charge in [-0.05, 0) is 6.08 Å². The Kier molecular flexibility index (Phi) is 3.54. The fourth-order valence-electron chi connectivity index (χ4n) is 1.68. The molecule has 0 radical (unpaired) electrons. The van der Waals surface area contributed by atoms with Crippen LogP contribution in [0.5, 0.6) is 0 Å². The van der Waals surface area contributed by atoms with E-state index in [4.69, 9.17) is 16.3 Å². The molecule has 1 N–H and O–H groups in total. The van der Waals surface area contributed by atoms with E-state index in [1.165, 1.54) is 13.3 Å². The number of hydrogen-bond donors (Lipinski definition) is 1. The molecule has 7 heteroatoms. The molecule has 0 aliphatic carbocycles. The lowest BCUT2D eigenvalue weighted by atomic mass is 10.3. The van der Waals surface area contributed by atoms with Crippen molar-refractivity contribution in [1.29, 1.82) is 0 Å². The first-order valence-electron chi connectivity index (χ1n) is 5.29. The summed E-state index contributed by atoms with van der Waals surface area (Å²) in [6.45, 7) is 2.81. The van der Waals surface area contributed by atoms with Crippen molar-refractivity contribution in [3.05, 3.63) is 11.9 Å². The van der Waals surface area contributed by atoms with Gasteiger partial charge < -0.3 is 19.7 Å². The second-order valence-corrected chi connectivity index (χ2v) is 4.22. The maximum Gasteiger partial charge on any atom is 0.371 e. The van der Waals surface area contributed by atoms with Crippen LogP contribution in [0.15, 0.2) is 16.9 Å². The average Bonchev–Trinajstić information content (AvgIpc) is 2.39. The minimum atomic E-state index is -1.56. The molecule has 0 aromatic heterocycles. The summed E-state index contributed by atoms with van der Waals surface area (Å²) < 4.78 is 9.87. The number of rotatable bonds is 2. The van der Waals surface area contributed by atoms with Crippen LogP contribution >= 0.6 is 11.6 Å². The van der Waals surface area contributed by atoms with Gasteiger partial charge in [-0.1, -0.05) is 11.6 Å². The number of carbonyl (C=O) groups excluding carboxylic acids is 1. The fraction of sp³-hybridized carbons (Fsp3) is 0.600. The van der Waals surface area contributed by atoms with Crippen LogP contribution < -0.4 is 5.32 Å². The summed E-state index contributed by atoms with van der Waals surface area (Å²) in [4.78, 5) is 17.5. The Morgan fingerprint density at radius 1 is 1.65 bits per heavy atom. The molecule has 0 spiro atoms. The first kappa shape index (κ1) is 12.2. The quantitative estimate of drug-likeness (QED) is 0.426. The zero-order valence-electron chi connectivity index (χ0n) is 9.48. The first-order chi connectivity index (χ1) is 8.15. The van der Waals surface area contributed by atoms with Crippen molar-refractivity contribution in [1.82, 2.24) is 10.2 Å². The molecule has 17 heavy (non-hydrogen) atoms. The fourth-order valence-corrected chi connectivity index (χ4v) is 1.91. The molecule has 2 rings (SSSR count). The van der Waals surface area contributed by atoms with Crippen molar-refractivity contribution in [2.24, 2.45) is 4.99 Å². The van der Waals surface area contributed by atoms with Gasteiger partial charge >= 0.3 is 11.1 Å². The van der Waals surface area contributed by atoms with Crippen LogP contribution in [-0.2, 0) is 14.3 Å². The van der Waals surface area contributed by atoms with E-state index in [9.17, 15) is 4.79 Å². The first-order valence-corrected chi connectivity index (χ1v) is 5.67. The van der Waals surface area contributed by atoms with Crippen LogP contribution in [0.3, 0.4) is 0 Å². The molecule has 2 aliphatic heterocycles. The molecule has 1 fully saturated rings. The van der Waals surface area contributed by atoms with Crippen molar-refractivity contribution in [2.45, 2.75) is 5.12 Å². The van der Waals surface area contributed by atoms with Crippen molar-refractivity contribution in [3.8, 4) is 0 Å². The van der Waals surface area contributed by atoms with Crippen LogP contribution in [0.25, 0.3) is 0 Å². The molecule has 2 aliphatic rings. The summed E-state index contributed by atoms with van der Waals surface area (Å²) >= 11 is 6.06. The summed E-state index contributed by atoms with van der Waals surface area (Å²) in [6, 6.07) is 0. The standard InChI is InChI=1S/C10H14ClN3O3/c1-16-9(15)10(11)12-3-2-8(13-10)14-4-6-17-7-5-14/h2-3,13H,4-7H2,1H3. The van der Waals surface area contributed by atoms with E-state index in [2.05, 4.69) is 19.9 Å². The SMILES string of the molecule is COC(=O)C1(Cl)N=CC=C(N2CCOCC2)N1. The van der Waals surface area contributed by atoms with E-state index in [0.29, 0.717) is 13.2 Å². The smallest absolute Gasteiger partial charge is 0.371 e. The Bertz CT molecular complexity index is 366. The number of ether oxygens (including phenoxy) is 2. The Hall–Kier alpha value is -1.27. The van der Waals surface area contributed by atoms with Gasteiger partial charge in [0.2, 0.25) is 0 Å². The number of allylic oxidation sites excluding steroid dienone is 1. The van der Waals surface area contributed by atoms with Gasteiger partial charge in [0.05, 0.1) is 20.3 Å². The van der Waals surface area contributed by atoms with E-state index in [1.54, 1.807) is 6.08 Å². The Morgan fingerprint density at radius 3 is 3.00 bits per heavy atom. The van der Waals surface area contributed by atoms with Gasteiger partial charge in [-0.25, -0.2) is 9.79 Å². The number of nitrogens with zero attached hydrogens (tertiary/aromatic N) is 2. The zero-order chi connectivity index (χ0) is 12.3. The third-order valence-electron chi connectivity index (χ3n) is 2.59. The minimum Gasteiger partial charge on any atom is -0.465 e. The Morgan fingerprint density at radius 2 is 2.35 bits per heavy atom. The predicted octanol–water partition coefficient (Wildman–Crippen LogP) is -0.100. The van der Waals surface area contributed by atoms with Crippen molar-refractivity contribution < 1.29 is 14.3 Å². The minimum absolute atomic E-state index is 0.630. The number of alkyl halides is 1. The van der Waals surface area contributed by atoms with Gasteiger partial charge in [0.25, 0.3) is 0 Å². The Labute approximate surface area is 104 Å². The number of hydrogen-bond acceptors (Lipinski definition) is 6. The zero-order valence-corrected chi connectivity index (χ0v) is 10.2. The molecule has 1 unspecified atom stereocenters. The molecule has 1 atom stereocenters. The topological polar surface area (TPSA) is 63.2 Å². The lowest BCUT2D eigenvalue weighted by Gasteiger charge is -2.35. The maximum absolute atomic E-state index is 11.5. The van der Waals surface area contributed by atoms with Crippen LogP contribution in [0.2, 0.25) is 0 Å². The van der Waals surface area contributed by atoms with Gasteiger partial charge in [-0.2, -0.15) is 0 Å².